The Morgan fingerprint density at radius 3 is 2.57 bits per heavy atom. The van der Waals surface area contributed by atoms with Crippen LogP contribution < -0.4 is 10.0 Å². The number of rotatable bonds is 8. The van der Waals surface area contributed by atoms with E-state index >= 15 is 0 Å². The van der Waals surface area contributed by atoms with Gasteiger partial charge in [0, 0.05) is 11.8 Å². The minimum Gasteiger partial charge on any atom is -0.480 e. The number of hydrogen-bond acceptors (Lipinski definition) is 5. The van der Waals surface area contributed by atoms with Crippen molar-refractivity contribution in [2.45, 2.75) is 43.5 Å². The molecule has 0 bridgehead atoms. The van der Waals surface area contributed by atoms with E-state index in [9.17, 15) is 18.0 Å². The van der Waals surface area contributed by atoms with Gasteiger partial charge in [-0.3, -0.25) is 9.59 Å². The number of carboxylic acids is 1. The molecule has 7 nitrogen and oxygen atoms in total. The molecule has 1 atom stereocenters. The fourth-order valence-corrected chi connectivity index (χ4v) is 4.11. The Hall–Kier alpha value is -1.45. The number of thiophene rings is 1. The lowest BCUT2D eigenvalue weighted by molar-refractivity contribution is -0.139. The van der Waals surface area contributed by atoms with Gasteiger partial charge in [-0.05, 0) is 18.6 Å². The molecular formula is C12H18N2O5S2. The van der Waals surface area contributed by atoms with E-state index in [-0.39, 0.29) is 23.1 Å². The van der Waals surface area contributed by atoms with Crippen LogP contribution in [0.4, 0.5) is 0 Å². The fraction of sp³-hybridized carbons (Fsp3) is 0.500. The van der Waals surface area contributed by atoms with E-state index in [2.05, 4.69) is 10.0 Å². The summed E-state index contributed by atoms with van der Waals surface area (Å²) in [6, 6.07) is 1.85. The van der Waals surface area contributed by atoms with Crippen molar-refractivity contribution < 1.29 is 23.1 Å². The SMILES string of the molecule is CCCC(NS(=O)(=O)c1ccc(CNC(C)=O)s1)C(=O)O. The molecule has 0 aliphatic rings. The first-order valence-corrected chi connectivity index (χ1v) is 8.64. The summed E-state index contributed by atoms with van der Waals surface area (Å²) in [5, 5.41) is 11.6. The quantitative estimate of drug-likeness (QED) is 0.654. The topological polar surface area (TPSA) is 113 Å². The van der Waals surface area contributed by atoms with Crippen LogP contribution in [0, 0.1) is 0 Å². The Labute approximate surface area is 127 Å². The first kappa shape index (κ1) is 17.6. The van der Waals surface area contributed by atoms with Crippen LogP contribution in [0.3, 0.4) is 0 Å². The number of carbonyl (C=O) groups is 2. The summed E-state index contributed by atoms with van der Waals surface area (Å²) in [4.78, 5) is 22.5. The molecule has 0 aliphatic heterocycles. The molecule has 1 rings (SSSR count). The van der Waals surface area contributed by atoms with Gasteiger partial charge in [-0.2, -0.15) is 4.72 Å². The van der Waals surface area contributed by atoms with Crippen molar-refractivity contribution in [3.63, 3.8) is 0 Å². The molecule has 1 aromatic heterocycles. The average Bonchev–Trinajstić information content (AvgIpc) is 2.85. The van der Waals surface area contributed by atoms with E-state index in [1.165, 1.54) is 13.0 Å². The number of carbonyl (C=O) groups excluding carboxylic acids is 1. The van der Waals surface area contributed by atoms with Crippen LogP contribution in [-0.4, -0.2) is 31.4 Å². The van der Waals surface area contributed by atoms with Crippen molar-refractivity contribution >= 4 is 33.2 Å². The number of carboxylic acid groups (broad SMARTS) is 1. The van der Waals surface area contributed by atoms with Crippen LogP contribution in [-0.2, 0) is 26.2 Å². The first-order valence-electron chi connectivity index (χ1n) is 6.34. The summed E-state index contributed by atoms with van der Waals surface area (Å²) >= 11 is 0.995. The highest BCUT2D eigenvalue weighted by atomic mass is 32.2. The van der Waals surface area contributed by atoms with Gasteiger partial charge in [-0.25, -0.2) is 8.42 Å². The standard InChI is InChI=1S/C12H18N2O5S2/c1-3-4-10(12(16)17)14-21(18,19)11-6-5-9(20-11)7-13-8(2)15/h5-6,10,14H,3-4,7H2,1-2H3,(H,13,15)(H,16,17). The Kier molecular flexibility index (Phi) is 6.31. The Morgan fingerprint density at radius 1 is 1.38 bits per heavy atom. The summed E-state index contributed by atoms with van der Waals surface area (Å²) < 4.78 is 26.5. The minimum absolute atomic E-state index is 0.0326. The normalized spacial score (nSPS) is 12.9. The van der Waals surface area contributed by atoms with Gasteiger partial charge in [0.15, 0.2) is 0 Å². The van der Waals surface area contributed by atoms with Crippen LogP contribution in [0.5, 0.6) is 0 Å². The molecule has 0 saturated carbocycles. The largest absolute Gasteiger partial charge is 0.480 e. The van der Waals surface area contributed by atoms with E-state index in [0.717, 1.165) is 11.3 Å². The van der Waals surface area contributed by atoms with Gasteiger partial charge < -0.3 is 10.4 Å². The van der Waals surface area contributed by atoms with Crippen molar-refractivity contribution in [2.24, 2.45) is 0 Å². The molecule has 118 valence electrons. The third-order valence-electron chi connectivity index (χ3n) is 2.59. The fourth-order valence-electron chi connectivity index (χ4n) is 1.58. The molecule has 0 aliphatic carbocycles. The van der Waals surface area contributed by atoms with Crippen molar-refractivity contribution in [3.05, 3.63) is 17.0 Å². The maximum Gasteiger partial charge on any atom is 0.321 e. The van der Waals surface area contributed by atoms with Gasteiger partial charge in [0.05, 0.1) is 6.54 Å². The number of nitrogens with one attached hydrogen (secondary N) is 2. The van der Waals surface area contributed by atoms with E-state index in [4.69, 9.17) is 5.11 Å². The molecule has 3 N–H and O–H groups in total. The van der Waals surface area contributed by atoms with Gasteiger partial charge in [0.1, 0.15) is 10.3 Å². The molecule has 0 radical (unpaired) electrons. The monoisotopic (exact) mass is 334 g/mol. The van der Waals surface area contributed by atoms with E-state index < -0.39 is 22.0 Å². The predicted molar refractivity (Wildman–Crippen MR) is 78.5 cm³/mol. The molecule has 21 heavy (non-hydrogen) atoms. The van der Waals surface area contributed by atoms with E-state index in [1.807, 2.05) is 0 Å². The van der Waals surface area contributed by atoms with Crippen molar-refractivity contribution in [1.82, 2.24) is 10.0 Å². The zero-order chi connectivity index (χ0) is 16.0. The number of amides is 1. The maximum absolute atomic E-state index is 12.1. The summed E-state index contributed by atoms with van der Waals surface area (Å²) in [6.07, 6.45) is 0.774. The van der Waals surface area contributed by atoms with Crippen LogP contribution in [0.1, 0.15) is 31.6 Å². The van der Waals surface area contributed by atoms with Crippen LogP contribution >= 0.6 is 11.3 Å². The highest BCUT2D eigenvalue weighted by Gasteiger charge is 2.25. The Morgan fingerprint density at radius 2 is 2.05 bits per heavy atom. The lowest BCUT2D eigenvalue weighted by Crippen LogP contribution is -2.40. The molecule has 0 aromatic carbocycles. The van der Waals surface area contributed by atoms with Crippen molar-refractivity contribution in [3.8, 4) is 0 Å². The van der Waals surface area contributed by atoms with Gasteiger partial charge >= 0.3 is 5.97 Å². The number of hydrogen-bond donors (Lipinski definition) is 3. The molecule has 9 heteroatoms. The molecule has 1 heterocycles. The average molecular weight is 334 g/mol. The molecule has 0 saturated heterocycles. The predicted octanol–water partition coefficient (Wildman–Crippen LogP) is 0.916. The third kappa shape index (κ3) is 5.44. The zero-order valence-corrected chi connectivity index (χ0v) is 13.4. The first-order chi connectivity index (χ1) is 9.76. The molecule has 1 aromatic rings. The molecule has 1 amide bonds. The Balaban J connectivity index is 2.82. The van der Waals surface area contributed by atoms with Gasteiger partial charge in [0.2, 0.25) is 5.91 Å². The smallest absolute Gasteiger partial charge is 0.321 e. The minimum atomic E-state index is -3.87. The second kappa shape index (κ2) is 7.53. The second-order valence-electron chi connectivity index (χ2n) is 4.43. The van der Waals surface area contributed by atoms with Crippen LogP contribution in [0.2, 0.25) is 0 Å². The molecule has 0 spiro atoms. The highest BCUT2D eigenvalue weighted by Crippen LogP contribution is 2.22. The Bertz CT molecular complexity index is 609. The summed E-state index contributed by atoms with van der Waals surface area (Å²) in [5.74, 6) is -1.41. The lowest BCUT2D eigenvalue weighted by atomic mass is 10.2. The number of aliphatic carboxylic acids is 1. The van der Waals surface area contributed by atoms with Crippen molar-refractivity contribution in [2.75, 3.05) is 0 Å². The summed E-state index contributed by atoms with van der Waals surface area (Å²) in [6.45, 7) is 3.39. The summed E-state index contributed by atoms with van der Waals surface area (Å²) in [5.41, 5.74) is 0. The van der Waals surface area contributed by atoms with Crippen LogP contribution in [0.15, 0.2) is 16.3 Å². The third-order valence-corrected chi connectivity index (χ3v) is 5.64. The molecule has 0 fully saturated rings. The highest BCUT2D eigenvalue weighted by molar-refractivity contribution is 7.91. The van der Waals surface area contributed by atoms with Crippen molar-refractivity contribution in [1.29, 1.82) is 0 Å². The van der Waals surface area contributed by atoms with Crippen LogP contribution in [0.25, 0.3) is 0 Å². The zero-order valence-electron chi connectivity index (χ0n) is 11.8. The summed E-state index contributed by atoms with van der Waals surface area (Å²) in [7, 11) is -3.87. The maximum atomic E-state index is 12.1. The van der Waals surface area contributed by atoms with E-state index in [1.54, 1.807) is 13.0 Å². The lowest BCUT2D eigenvalue weighted by Gasteiger charge is -2.12. The second-order valence-corrected chi connectivity index (χ2v) is 7.54. The number of sulfonamides is 1. The van der Waals surface area contributed by atoms with Gasteiger partial charge in [0.25, 0.3) is 10.0 Å². The van der Waals surface area contributed by atoms with Gasteiger partial charge in [-0.15, -0.1) is 11.3 Å². The van der Waals surface area contributed by atoms with Gasteiger partial charge in [-0.1, -0.05) is 13.3 Å². The van der Waals surface area contributed by atoms with E-state index in [0.29, 0.717) is 11.3 Å². The molecule has 1 unspecified atom stereocenters. The molecular weight excluding hydrogens is 316 g/mol.